The Morgan fingerprint density at radius 3 is 2.68 bits per heavy atom. The van der Waals surface area contributed by atoms with Gasteiger partial charge in [-0.15, -0.1) is 0 Å². The van der Waals surface area contributed by atoms with Gasteiger partial charge in [0.25, 0.3) is 5.91 Å². The number of halogens is 2. The second kappa shape index (κ2) is 6.58. The van der Waals surface area contributed by atoms with Crippen LogP contribution in [0, 0.1) is 11.6 Å². The largest absolute Gasteiger partial charge is 0.351 e. The Bertz CT molecular complexity index is 448. The van der Waals surface area contributed by atoms with Crippen LogP contribution < -0.4 is 10.6 Å². The SMILES string of the molecule is O=C(NCCN1CCNCC1)c1ccc(F)c(F)c1. The Morgan fingerprint density at radius 2 is 2.00 bits per heavy atom. The molecule has 1 amide bonds. The van der Waals surface area contributed by atoms with Gasteiger partial charge in [0.2, 0.25) is 0 Å². The summed E-state index contributed by atoms with van der Waals surface area (Å²) in [6.07, 6.45) is 0. The number of carbonyl (C=O) groups excluding carboxylic acids is 1. The third-order valence-corrected chi connectivity index (χ3v) is 3.10. The first-order valence-electron chi connectivity index (χ1n) is 6.33. The number of piperazine rings is 1. The minimum atomic E-state index is -1.00. The van der Waals surface area contributed by atoms with E-state index in [1.807, 2.05) is 0 Å². The fraction of sp³-hybridized carbons (Fsp3) is 0.462. The molecule has 1 fully saturated rings. The fourth-order valence-electron chi connectivity index (χ4n) is 2.00. The molecule has 6 heteroatoms. The fourth-order valence-corrected chi connectivity index (χ4v) is 2.00. The summed E-state index contributed by atoms with van der Waals surface area (Å²) in [7, 11) is 0. The molecule has 104 valence electrons. The predicted octanol–water partition coefficient (Wildman–Crippen LogP) is 0.600. The number of benzene rings is 1. The Morgan fingerprint density at radius 1 is 1.26 bits per heavy atom. The standard InChI is InChI=1S/C13H17F2N3O/c14-11-2-1-10(9-12(11)15)13(19)17-5-8-18-6-3-16-4-7-18/h1-2,9,16H,3-8H2,(H,17,19). The van der Waals surface area contributed by atoms with Gasteiger partial charge in [0.05, 0.1) is 0 Å². The zero-order valence-electron chi connectivity index (χ0n) is 10.6. The van der Waals surface area contributed by atoms with Crippen LogP contribution in [0.2, 0.25) is 0 Å². The van der Waals surface area contributed by atoms with E-state index in [4.69, 9.17) is 0 Å². The van der Waals surface area contributed by atoms with E-state index >= 15 is 0 Å². The summed E-state index contributed by atoms with van der Waals surface area (Å²) in [6.45, 7) is 5.09. The van der Waals surface area contributed by atoms with Gasteiger partial charge in [0.15, 0.2) is 11.6 Å². The monoisotopic (exact) mass is 269 g/mol. The normalized spacial score (nSPS) is 16.3. The Labute approximate surface area is 110 Å². The first-order valence-corrected chi connectivity index (χ1v) is 6.33. The van der Waals surface area contributed by atoms with Gasteiger partial charge >= 0.3 is 0 Å². The average molecular weight is 269 g/mol. The summed E-state index contributed by atoms with van der Waals surface area (Å²) < 4.78 is 25.7. The van der Waals surface area contributed by atoms with Crippen molar-refractivity contribution in [2.75, 3.05) is 39.3 Å². The highest BCUT2D eigenvalue weighted by molar-refractivity contribution is 5.94. The summed E-state index contributed by atoms with van der Waals surface area (Å²) >= 11 is 0. The number of amides is 1. The summed E-state index contributed by atoms with van der Waals surface area (Å²) in [5, 5.41) is 5.95. The molecule has 0 saturated carbocycles. The van der Waals surface area contributed by atoms with E-state index in [9.17, 15) is 13.6 Å². The molecule has 2 N–H and O–H groups in total. The average Bonchev–Trinajstić information content (AvgIpc) is 2.43. The second-order valence-corrected chi connectivity index (χ2v) is 4.48. The van der Waals surface area contributed by atoms with Crippen molar-refractivity contribution >= 4 is 5.91 Å². The van der Waals surface area contributed by atoms with E-state index in [0.29, 0.717) is 6.54 Å². The van der Waals surface area contributed by atoms with Gasteiger partial charge in [-0.1, -0.05) is 0 Å². The first kappa shape index (κ1) is 13.9. The molecule has 19 heavy (non-hydrogen) atoms. The zero-order chi connectivity index (χ0) is 13.7. The van der Waals surface area contributed by atoms with Crippen LogP contribution >= 0.6 is 0 Å². The molecule has 1 aromatic rings. The molecule has 0 unspecified atom stereocenters. The Balaban J connectivity index is 1.78. The number of carbonyl (C=O) groups is 1. The molecule has 0 atom stereocenters. The summed E-state index contributed by atoms with van der Waals surface area (Å²) in [4.78, 5) is 14.0. The number of hydrogen-bond acceptors (Lipinski definition) is 3. The molecule has 1 saturated heterocycles. The Hall–Kier alpha value is -1.53. The molecule has 1 aromatic carbocycles. The molecule has 0 aliphatic carbocycles. The minimum absolute atomic E-state index is 0.138. The van der Waals surface area contributed by atoms with Crippen molar-refractivity contribution < 1.29 is 13.6 Å². The van der Waals surface area contributed by atoms with Crippen LogP contribution in [-0.4, -0.2) is 50.1 Å². The zero-order valence-corrected chi connectivity index (χ0v) is 10.6. The summed E-state index contributed by atoms with van der Waals surface area (Å²) in [5.41, 5.74) is 0.138. The van der Waals surface area contributed by atoms with E-state index in [1.54, 1.807) is 0 Å². The molecule has 0 radical (unpaired) electrons. The molecule has 2 rings (SSSR count). The van der Waals surface area contributed by atoms with Crippen molar-refractivity contribution in [3.63, 3.8) is 0 Å². The van der Waals surface area contributed by atoms with Crippen molar-refractivity contribution in [1.82, 2.24) is 15.5 Å². The third-order valence-electron chi connectivity index (χ3n) is 3.10. The molecule has 0 aromatic heterocycles. The van der Waals surface area contributed by atoms with Gasteiger partial charge in [-0.3, -0.25) is 9.69 Å². The molecule has 0 spiro atoms. The second-order valence-electron chi connectivity index (χ2n) is 4.48. The lowest BCUT2D eigenvalue weighted by Gasteiger charge is -2.27. The van der Waals surface area contributed by atoms with Gasteiger partial charge in [0, 0.05) is 44.8 Å². The molecule has 1 aliphatic rings. The van der Waals surface area contributed by atoms with Crippen LogP contribution in [0.3, 0.4) is 0 Å². The predicted molar refractivity (Wildman–Crippen MR) is 68.0 cm³/mol. The summed E-state index contributed by atoms with van der Waals surface area (Å²) in [5.74, 6) is -2.33. The highest BCUT2D eigenvalue weighted by Crippen LogP contribution is 2.08. The number of rotatable bonds is 4. The van der Waals surface area contributed by atoms with Crippen molar-refractivity contribution in [2.24, 2.45) is 0 Å². The van der Waals surface area contributed by atoms with Crippen molar-refractivity contribution in [1.29, 1.82) is 0 Å². The maximum absolute atomic E-state index is 13.0. The number of nitrogens with zero attached hydrogens (tertiary/aromatic N) is 1. The van der Waals surface area contributed by atoms with Crippen LogP contribution in [0.25, 0.3) is 0 Å². The van der Waals surface area contributed by atoms with Gasteiger partial charge in [-0.2, -0.15) is 0 Å². The van der Waals surface area contributed by atoms with Gasteiger partial charge in [0.1, 0.15) is 0 Å². The molecular formula is C13H17F2N3O. The van der Waals surface area contributed by atoms with Crippen LogP contribution in [0.1, 0.15) is 10.4 Å². The molecule has 0 bridgehead atoms. The lowest BCUT2D eigenvalue weighted by Crippen LogP contribution is -2.46. The number of nitrogens with one attached hydrogen (secondary N) is 2. The van der Waals surface area contributed by atoms with Crippen LogP contribution in [0.4, 0.5) is 8.78 Å². The van der Waals surface area contributed by atoms with E-state index < -0.39 is 11.6 Å². The quantitative estimate of drug-likeness (QED) is 0.841. The van der Waals surface area contributed by atoms with E-state index in [1.165, 1.54) is 6.07 Å². The lowest BCUT2D eigenvalue weighted by atomic mass is 10.2. The van der Waals surface area contributed by atoms with E-state index in [2.05, 4.69) is 15.5 Å². The van der Waals surface area contributed by atoms with E-state index in [-0.39, 0.29) is 11.5 Å². The molecule has 1 aliphatic heterocycles. The van der Waals surface area contributed by atoms with Crippen molar-refractivity contribution in [3.05, 3.63) is 35.4 Å². The summed E-state index contributed by atoms with van der Waals surface area (Å²) in [6, 6.07) is 3.15. The highest BCUT2D eigenvalue weighted by atomic mass is 19.2. The Kier molecular flexibility index (Phi) is 4.81. The van der Waals surface area contributed by atoms with Gasteiger partial charge in [-0.05, 0) is 18.2 Å². The minimum Gasteiger partial charge on any atom is -0.351 e. The number of hydrogen-bond donors (Lipinski definition) is 2. The first-order chi connectivity index (χ1) is 9.16. The lowest BCUT2D eigenvalue weighted by molar-refractivity contribution is 0.0946. The van der Waals surface area contributed by atoms with Crippen LogP contribution in [0.5, 0.6) is 0 Å². The topological polar surface area (TPSA) is 44.4 Å². The smallest absolute Gasteiger partial charge is 0.251 e. The van der Waals surface area contributed by atoms with E-state index in [0.717, 1.165) is 44.9 Å². The molecular weight excluding hydrogens is 252 g/mol. The maximum atomic E-state index is 13.0. The van der Waals surface area contributed by atoms with Crippen LogP contribution in [0.15, 0.2) is 18.2 Å². The third kappa shape index (κ3) is 3.97. The van der Waals surface area contributed by atoms with Crippen LogP contribution in [-0.2, 0) is 0 Å². The highest BCUT2D eigenvalue weighted by Gasteiger charge is 2.11. The molecule has 4 nitrogen and oxygen atoms in total. The maximum Gasteiger partial charge on any atom is 0.251 e. The van der Waals surface area contributed by atoms with Gasteiger partial charge in [-0.25, -0.2) is 8.78 Å². The van der Waals surface area contributed by atoms with Gasteiger partial charge < -0.3 is 10.6 Å². The van der Waals surface area contributed by atoms with Crippen molar-refractivity contribution in [3.8, 4) is 0 Å². The van der Waals surface area contributed by atoms with Crippen molar-refractivity contribution in [2.45, 2.75) is 0 Å². The molecule has 1 heterocycles.